The van der Waals surface area contributed by atoms with Crippen molar-refractivity contribution in [3.63, 3.8) is 0 Å². The predicted molar refractivity (Wildman–Crippen MR) is 121 cm³/mol. The van der Waals surface area contributed by atoms with Crippen LogP contribution < -0.4 is 14.9 Å². The molecule has 0 aliphatic carbocycles. The van der Waals surface area contributed by atoms with Crippen LogP contribution in [0.1, 0.15) is 29.4 Å². The zero-order valence-corrected chi connectivity index (χ0v) is 20.3. The van der Waals surface area contributed by atoms with Gasteiger partial charge in [-0.15, -0.1) is 0 Å². The number of amides is 2. The molecule has 0 bridgehead atoms. The van der Waals surface area contributed by atoms with Crippen molar-refractivity contribution in [2.75, 3.05) is 17.6 Å². The highest BCUT2D eigenvalue weighted by atomic mass is 32.2. The fourth-order valence-electron chi connectivity index (χ4n) is 3.23. The quantitative estimate of drug-likeness (QED) is 0.307. The van der Waals surface area contributed by atoms with Gasteiger partial charge < -0.3 is 25.3 Å². The minimum absolute atomic E-state index is 0.0121. The van der Waals surface area contributed by atoms with Crippen LogP contribution in [0.15, 0.2) is 28.9 Å². The molecule has 0 saturated heterocycles. The minimum Gasteiger partial charge on any atom is -0.430 e. The van der Waals surface area contributed by atoms with Crippen molar-refractivity contribution in [1.29, 1.82) is 5.26 Å². The molecule has 0 saturated carbocycles. The van der Waals surface area contributed by atoms with Gasteiger partial charge in [-0.05, 0) is 24.1 Å². The van der Waals surface area contributed by atoms with Crippen LogP contribution in [0.5, 0.6) is 0 Å². The van der Waals surface area contributed by atoms with Crippen LogP contribution in [-0.2, 0) is 21.2 Å². The largest absolute Gasteiger partial charge is 0.430 e. The molecule has 36 heavy (non-hydrogen) atoms. The number of nitrogens with one attached hydrogen (secondary N) is 2. The van der Waals surface area contributed by atoms with E-state index in [0.717, 1.165) is 38.6 Å². The van der Waals surface area contributed by atoms with Crippen molar-refractivity contribution in [1.82, 2.24) is 15.6 Å². The number of aliphatic hydroxyl groups is 2. The van der Waals surface area contributed by atoms with E-state index in [0.29, 0.717) is 10.4 Å². The Morgan fingerprint density at radius 2 is 1.75 bits per heavy atom. The Bertz CT molecular complexity index is 1230. The fraction of sp³-hybridized carbons (Fsp3) is 0.429. The lowest BCUT2D eigenvalue weighted by atomic mass is 9.92. The fourth-order valence-corrected chi connectivity index (χ4v) is 3.60. The molecule has 0 radical (unpaired) electrons. The summed E-state index contributed by atoms with van der Waals surface area (Å²) in [5.41, 5.74) is -0.383. The molecule has 1 aromatic heterocycles. The number of aromatic nitrogens is 1. The lowest BCUT2D eigenvalue weighted by Gasteiger charge is -2.31. The van der Waals surface area contributed by atoms with Gasteiger partial charge >= 0.3 is 6.01 Å². The third-order valence-corrected chi connectivity index (χ3v) is 6.21. The number of rotatable bonds is 11. The van der Waals surface area contributed by atoms with Gasteiger partial charge in [-0.1, -0.05) is 0 Å². The number of oxazole rings is 1. The molecule has 0 spiro atoms. The summed E-state index contributed by atoms with van der Waals surface area (Å²) >= 11 is 0. The van der Waals surface area contributed by atoms with Gasteiger partial charge in [0.1, 0.15) is 30.1 Å². The molecule has 2 rings (SSSR count). The Hall–Kier alpha value is -3.61. The van der Waals surface area contributed by atoms with Crippen LogP contribution >= 0.6 is 0 Å². The van der Waals surface area contributed by atoms with Crippen molar-refractivity contribution in [3.05, 3.63) is 47.4 Å². The predicted octanol–water partition coefficient (Wildman–Crippen LogP) is -0.170. The van der Waals surface area contributed by atoms with Crippen molar-refractivity contribution in [3.8, 4) is 6.07 Å². The van der Waals surface area contributed by atoms with Gasteiger partial charge in [0.15, 0.2) is 5.69 Å². The maximum Gasteiger partial charge on any atom is 0.311 e. The van der Waals surface area contributed by atoms with Gasteiger partial charge in [-0.2, -0.15) is 10.2 Å². The second-order valence-corrected chi connectivity index (χ2v) is 9.97. The van der Waals surface area contributed by atoms with Gasteiger partial charge in [-0.3, -0.25) is 9.59 Å². The molecule has 4 atom stereocenters. The molecule has 0 aliphatic rings. The molecule has 0 aliphatic heterocycles. The first kappa shape index (κ1) is 28.6. The average molecular weight is 530 g/mol. The van der Waals surface area contributed by atoms with Gasteiger partial charge in [0.05, 0.1) is 30.8 Å². The molecule has 196 valence electrons. The van der Waals surface area contributed by atoms with E-state index in [9.17, 15) is 37.0 Å². The molecule has 15 heteroatoms. The third-order valence-electron chi connectivity index (χ3n) is 5.06. The molecule has 4 N–H and O–H groups in total. The van der Waals surface area contributed by atoms with E-state index in [1.54, 1.807) is 6.07 Å². The van der Waals surface area contributed by atoms with E-state index in [4.69, 9.17) is 9.68 Å². The number of hydrogen-bond acceptors (Lipinski definition) is 9. The monoisotopic (exact) mass is 529 g/mol. The number of carbonyl (C=O) groups excluding carboxylic acids is 2. The summed E-state index contributed by atoms with van der Waals surface area (Å²) in [5.74, 6) is -3.41. The zero-order chi connectivity index (χ0) is 27.2. The summed E-state index contributed by atoms with van der Waals surface area (Å²) in [6.07, 6.45) is -2.65. The zero-order valence-electron chi connectivity index (χ0n) is 19.5. The molecule has 0 fully saturated rings. The number of anilines is 1. The SMILES string of the molecule is CC(=O)NC(CC#N)C(O)C(O)C(Cc1cc(F)cc(F)c1)NC(=O)c1coc(N(C)S(C)(=O)=O)n1. The summed E-state index contributed by atoms with van der Waals surface area (Å²) < 4.78 is 56.4. The maximum atomic E-state index is 13.7. The second kappa shape index (κ2) is 11.9. The van der Waals surface area contributed by atoms with Crippen molar-refractivity contribution in [2.24, 2.45) is 0 Å². The van der Waals surface area contributed by atoms with Crippen LogP contribution in [0.2, 0.25) is 0 Å². The van der Waals surface area contributed by atoms with E-state index in [1.807, 2.05) is 0 Å². The molecule has 1 heterocycles. The lowest BCUT2D eigenvalue weighted by molar-refractivity contribution is -0.121. The number of aliphatic hydroxyl groups excluding tert-OH is 2. The first-order valence-electron chi connectivity index (χ1n) is 10.4. The second-order valence-electron chi connectivity index (χ2n) is 7.96. The molecule has 4 unspecified atom stereocenters. The summed E-state index contributed by atoms with van der Waals surface area (Å²) in [7, 11) is -2.61. The highest BCUT2D eigenvalue weighted by Gasteiger charge is 2.34. The van der Waals surface area contributed by atoms with Crippen molar-refractivity contribution < 1.29 is 41.4 Å². The number of carbonyl (C=O) groups is 2. The number of sulfonamides is 1. The Morgan fingerprint density at radius 1 is 1.17 bits per heavy atom. The van der Waals surface area contributed by atoms with E-state index >= 15 is 0 Å². The van der Waals surface area contributed by atoms with Crippen LogP contribution in [-0.4, -0.2) is 73.0 Å². The Morgan fingerprint density at radius 3 is 2.28 bits per heavy atom. The van der Waals surface area contributed by atoms with Crippen LogP contribution in [0.25, 0.3) is 0 Å². The summed E-state index contributed by atoms with van der Waals surface area (Å²) in [6.45, 7) is 1.13. The molecular weight excluding hydrogens is 504 g/mol. The number of halogens is 2. The van der Waals surface area contributed by atoms with Gasteiger partial charge in [0.2, 0.25) is 15.9 Å². The van der Waals surface area contributed by atoms with Crippen molar-refractivity contribution in [2.45, 2.75) is 44.1 Å². The topological polar surface area (TPSA) is 186 Å². The number of nitriles is 1. The highest BCUT2D eigenvalue weighted by molar-refractivity contribution is 7.92. The Labute approximate surface area is 205 Å². The minimum atomic E-state index is -3.75. The van der Waals surface area contributed by atoms with Crippen LogP contribution in [0, 0.1) is 23.0 Å². The van der Waals surface area contributed by atoms with E-state index in [1.165, 1.54) is 0 Å². The van der Waals surface area contributed by atoms with Gasteiger partial charge in [-0.25, -0.2) is 21.5 Å². The van der Waals surface area contributed by atoms with Gasteiger partial charge in [0, 0.05) is 20.0 Å². The summed E-state index contributed by atoms with van der Waals surface area (Å²) in [5, 5.41) is 35.2. The third kappa shape index (κ3) is 7.70. The highest BCUT2D eigenvalue weighted by Crippen LogP contribution is 2.18. The van der Waals surface area contributed by atoms with Gasteiger partial charge in [0.25, 0.3) is 5.91 Å². The summed E-state index contributed by atoms with van der Waals surface area (Å²) in [6, 6.07) is 1.23. The Kier molecular flexibility index (Phi) is 9.45. The first-order chi connectivity index (χ1) is 16.7. The average Bonchev–Trinajstić information content (AvgIpc) is 3.25. The number of nitrogens with zero attached hydrogens (tertiary/aromatic N) is 3. The molecule has 2 aromatic rings. The molecular formula is C21H25F2N5O7S. The van der Waals surface area contributed by atoms with E-state index in [2.05, 4.69) is 15.6 Å². The van der Waals surface area contributed by atoms with Crippen LogP contribution in [0.4, 0.5) is 14.8 Å². The molecule has 12 nitrogen and oxygen atoms in total. The maximum absolute atomic E-state index is 13.7. The summed E-state index contributed by atoms with van der Waals surface area (Å²) in [4.78, 5) is 28.0. The normalized spacial score (nSPS) is 14.7. The van der Waals surface area contributed by atoms with Crippen LogP contribution in [0.3, 0.4) is 0 Å². The smallest absolute Gasteiger partial charge is 0.311 e. The first-order valence-corrected chi connectivity index (χ1v) is 12.2. The molecule has 1 aromatic carbocycles. The molecule has 2 amide bonds. The number of hydrogen-bond donors (Lipinski definition) is 4. The van der Waals surface area contributed by atoms with E-state index < -0.39 is 75.9 Å². The van der Waals surface area contributed by atoms with Crippen molar-refractivity contribution >= 4 is 27.9 Å². The lowest BCUT2D eigenvalue weighted by Crippen LogP contribution is -2.56. The Balaban J connectivity index is 2.36. The number of benzene rings is 1. The standard InChI is InChI=1S/C21H25F2N5O7S/c1-11(29)25-15(4-5-24)18(30)19(31)16(8-12-6-13(22)9-14(23)7-12)26-20(32)17-10-35-21(27-17)28(2)36(3,33)34/h6-7,9-10,15-16,18-19,30-31H,4,8H2,1-3H3,(H,25,29)(H,26,32). The van der Waals surface area contributed by atoms with E-state index in [-0.39, 0.29) is 12.0 Å².